The number of aromatic nitrogens is 3. The van der Waals surface area contributed by atoms with Crippen molar-refractivity contribution in [2.45, 2.75) is 0 Å². The molecule has 0 bridgehead atoms. The van der Waals surface area contributed by atoms with Crippen molar-refractivity contribution in [2.24, 2.45) is 0 Å². The van der Waals surface area contributed by atoms with Gasteiger partial charge in [0, 0.05) is 16.7 Å². The van der Waals surface area contributed by atoms with E-state index in [-0.39, 0.29) is 0 Å². The summed E-state index contributed by atoms with van der Waals surface area (Å²) < 4.78 is 0. The van der Waals surface area contributed by atoms with Crippen molar-refractivity contribution in [1.29, 1.82) is 5.26 Å². The highest BCUT2D eigenvalue weighted by molar-refractivity contribution is 6.24. The van der Waals surface area contributed by atoms with Crippen molar-refractivity contribution in [2.75, 3.05) is 0 Å². The van der Waals surface area contributed by atoms with Crippen molar-refractivity contribution in [1.82, 2.24) is 15.0 Å². The smallest absolute Gasteiger partial charge is 0.164 e. The standard InChI is InChI=1S/C56H32N4/c57-33-34-18-19-39-31-40(22-21-38(39)30-34)42-26-27-49-43-14-7-8-15-44(43)50-29-28-48(52(42)53(49)50)45-16-9-17-46-47(45)25-24-35-20-23-41(32-51(35)46)56-59-54(36-10-3-1-4-11-36)58-55(60-56)37-12-5-2-6-13-37/h1-32H. The zero-order chi connectivity index (χ0) is 39.7. The van der Waals surface area contributed by atoms with Gasteiger partial charge in [-0.2, -0.15) is 5.26 Å². The molecule has 60 heavy (non-hydrogen) atoms. The van der Waals surface area contributed by atoms with Gasteiger partial charge in [0.05, 0.1) is 11.6 Å². The van der Waals surface area contributed by atoms with Crippen LogP contribution in [0.15, 0.2) is 194 Å². The second-order valence-electron chi connectivity index (χ2n) is 15.4. The molecule has 276 valence electrons. The van der Waals surface area contributed by atoms with Gasteiger partial charge in [0.15, 0.2) is 17.5 Å². The number of benzene rings is 10. The van der Waals surface area contributed by atoms with Crippen molar-refractivity contribution in [3.63, 3.8) is 0 Å². The van der Waals surface area contributed by atoms with Crippen LogP contribution in [0.1, 0.15) is 5.56 Å². The van der Waals surface area contributed by atoms with E-state index in [0.29, 0.717) is 23.0 Å². The minimum atomic E-state index is 0.633. The highest BCUT2D eigenvalue weighted by Gasteiger charge is 2.25. The molecule has 0 aliphatic heterocycles. The number of hydrogen-bond donors (Lipinski definition) is 0. The Bertz CT molecular complexity index is 3520. The van der Waals surface area contributed by atoms with Crippen molar-refractivity contribution in [3.8, 4) is 84.7 Å². The summed E-state index contributed by atoms with van der Waals surface area (Å²) in [6.07, 6.45) is 0. The van der Waals surface area contributed by atoms with Crippen LogP contribution in [0.25, 0.3) is 122 Å². The maximum Gasteiger partial charge on any atom is 0.164 e. The topological polar surface area (TPSA) is 62.5 Å². The van der Waals surface area contributed by atoms with Crippen molar-refractivity contribution < 1.29 is 0 Å². The molecule has 10 aromatic carbocycles. The summed E-state index contributed by atoms with van der Waals surface area (Å²) >= 11 is 0. The average Bonchev–Trinajstić information content (AvgIpc) is 3.65. The second kappa shape index (κ2) is 13.4. The first-order chi connectivity index (χ1) is 29.7. The maximum absolute atomic E-state index is 9.56. The average molecular weight is 761 g/mol. The molecule has 0 amide bonds. The molecule has 4 heteroatoms. The summed E-state index contributed by atoms with van der Waals surface area (Å²) in [5, 5.41) is 18.9. The van der Waals surface area contributed by atoms with Crippen LogP contribution < -0.4 is 0 Å². The predicted octanol–water partition coefficient (Wildman–Crippen LogP) is 14.3. The number of fused-ring (bicyclic) bond motifs is 7. The molecule has 0 unspecified atom stereocenters. The van der Waals surface area contributed by atoms with Crippen LogP contribution in [0.2, 0.25) is 0 Å². The van der Waals surface area contributed by atoms with Crippen LogP contribution >= 0.6 is 0 Å². The lowest BCUT2D eigenvalue weighted by molar-refractivity contribution is 1.07. The molecule has 0 radical (unpaired) electrons. The molecule has 0 spiro atoms. The van der Waals surface area contributed by atoms with Gasteiger partial charge in [-0.15, -0.1) is 0 Å². The van der Waals surface area contributed by atoms with Crippen LogP contribution in [0.4, 0.5) is 0 Å². The molecule has 1 aliphatic carbocycles. The van der Waals surface area contributed by atoms with Gasteiger partial charge < -0.3 is 0 Å². The fourth-order valence-electron chi connectivity index (χ4n) is 9.24. The Balaban J connectivity index is 1.07. The van der Waals surface area contributed by atoms with Gasteiger partial charge >= 0.3 is 0 Å². The lowest BCUT2D eigenvalue weighted by Gasteiger charge is -2.17. The van der Waals surface area contributed by atoms with E-state index in [4.69, 9.17) is 15.0 Å². The van der Waals surface area contributed by atoms with E-state index in [2.05, 4.69) is 127 Å². The van der Waals surface area contributed by atoms with Crippen LogP contribution in [0.3, 0.4) is 0 Å². The lowest BCUT2D eigenvalue weighted by atomic mass is 9.86. The van der Waals surface area contributed by atoms with Crippen LogP contribution in [-0.2, 0) is 0 Å². The third kappa shape index (κ3) is 5.34. The van der Waals surface area contributed by atoms with Gasteiger partial charge in [-0.25, -0.2) is 15.0 Å². The molecule has 12 rings (SSSR count). The summed E-state index contributed by atoms with van der Waals surface area (Å²) in [5.74, 6) is 1.92. The van der Waals surface area contributed by atoms with Crippen molar-refractivity contribution in [3.05, 3.63) is 200 Å². The number of nitrogens with zero attached hydrogens (tertiary/aromatic N) is 4. The van der Waals surface area contributed by atoms with Crippen LogP contribution in [-0.4, -0.2) is 15.0 Å². The van der Waals surface area contributed by atoms with Crippen LogP contribution in [0, 0.1) is 11.3 Å². The van der Waals surface area contributed by atoms with E-state index in [1.165, 1.54) is 60.5 Å². The first kappa shape index (κ1) is 33.8. The Morgan fingerprint density at radius 3 is 1.50 bits per heavy atom. The summed E-state index contributed by atoms with van der Waals surface area (Å²) in [7, 11) is 0. The molecule has 1 aliphatic rings. The minimum absolute atomic E-state index is 0.633. The Labute approximate surface area is 346 Å². The van der Waals surface area contributed by atoms with E-state index >= 15 is 0 Å². The van der Waals surface area contributed by atoms with Crippen molar-refractivity contribution >= 4 is 43.1 Å². The number of hydrogen-bond acceptors (Lipinski definition) is 4. The molecule has 11 aromatic rings. The Hall–Kier alpha value is -8.26. The molecule has 0 atom stereocenters. The zero-order valence-electron chi connectivity index (χ0n) is 32.3. The Morgan fingerprint density at radius 2 is 0.817 bits per heavy atom. The van der Waals surface area contributed by atoms with Gasteiger partial charge in [-0.05, 0) is 112 Å². The lowest BCUT2D eigenvalue weighted by Crippen LogP contribution is -2.00. The molecule has 1 aromatic heterocycles. The van der Waals surface area contributed by atoms with Crippen LogP contribution in [0.5, 0.6) is 0 Å². The molecule has 0 saturated carbocycles. The monoisotopic (exact) mass is 760 g/mol. The van der Waals surface area contributed by atoms with Gasteiger partial charge in [-0.3, -0.25) is 0 Å². The van der Waals surface area contributed by atoms with E-state index in [1.54, 1.807) is 0 Å². The highest BCUT2D eigenvalue weighted by atomic mass is 15.0. The fraction of sp³-hybridized carbons (Fsp3) is 0. The Morgan fingerprint density at radius 1 is 0.300 bits per heavy atom. The Kier molecular flexibility index (Phi) is 7.57. The molecular weight excluding hydrogens is 729 g/mol. The summed E-state index contributed by atoms with van der Waals surface area (Å²) in [6.45, 7) is 0. The third-order valence-electron chi connectivity index (χ3n) is 12.1. The summed E-state index contributed by atoms with van der Waals surface area (Å²) in [5.41, 5.74) is 13.2. The third-order valence-corrected chi connectivity index (χ3v) is 12.1. The van der Waals surface area contributed by atoms with E-state index in [0.717, 1.165) is 43.8 Å². The second-order valence-corrected chi connectivity index (χ2v) is 15.4. The summed E-state index contributed by atoms with van der Waals surface area (Å²) in [6, 6.07) is 70.8. The zero-order valence-corrected chi connectivity index (χ0v) is 32.3. The van der Waals surface area contributed by atoms with Gasteiger partial charge in [0.2, 0.25) is 0 Å². The van der Waals surface area contributed by atoms with E-state index < -0.39 is 0 Å². The quantitative estimate of drug-likeness (QED) is 0.164. The van der Waals surface area contributed by atoms with E-state index in [1.807, 2.05) is 72.8 Å². The highest BCUT2D eigenvalue weighted by Crippen LogP contribution is 2.52. The number of nitriles is 1. The fourth-order valence-corrected chi connectivity index (χ4v) is 9.24. The van der Waals surface area contributed by atoms with Gasteiger partial charge in [0.25, 0.3) is 0 Å². The molecule has 0 fully saturated rings. The van der Waals surface area contributed by atoms with E-state index in [9.17, 15) is 5.26 Å². The first-order valence-corrected chi connectivity index (χ1v) is 20.2. The maximum atomic E-state index is 9.56. The SMILES string of the molecule is N#Cc1ccc2cc(-c3ccc4c5c(ccc(-c6cccc7c6ccc6ccc(-c8nc(-c9ccccc9)nc(-c9ccccc9)n8)cc67)c35)-c3ccccc3-4)ccc2c1. The molecule has 1 heterocycles. The minimum Gasteiger partial charge on any atom is -0.208 e. The number of rotatable bonds is 5. The predicted molar refractivity (Wildman–Crippen MR) is 246 cm³/mol. The molecule has 0 saturated heterocycles. The van der Waals surface area contributed by atoms with Gasteiger partial charge in [0.1, 0.15) is 0 Å². The molecule has 0 N–H and O–H groups in total. The van der Waals surface area contributed by atoms with Gasteiger partial charge in [-0.1, -0.05) is 170 Å². The normalized spacial score (nSPS) is 11.7. The molecule has 4 nitrogen and oxygen atoms in total. The molecular formula is C56H32N4. The first-order valence-electron chi connectivity index (χ1n) is 20.2. The summed E-state index contributed by atoms with van der Waals surface area (Å²) in [4.78, 5) is 15.0. The largest absolute Gasteiger partial charge is 0.208 e.